The summed E-state index contributed by atoms with van der Waals surface area (Å²) < 4.78 is 5.38. The van der Waals surface area contributed by atoms with E-state index in [-0.39, 0.29) is 5.91 Å². The van der Waals surface area contributed by atoms with E-state index < -0.39 is 0 Å². The van der Waals surface area contributed by atoms with E-state index in [9.17, 15) is 4.79 Å². The molecule has 0 radical (unpaired) electrons. The average Bonchev–Trinajstić information content (AvgIpc) is 2.76. The van der Waals surface area contributed by atoms with Crippen molar-refractivity contribution < 1.29 is 9.53 Å². The number of carbonyl (C=O) groups excluding carboxylic acids is 1. The Morgan fingerprint density at radius 3 is 2.69 bits per heavy atom. The lowest BCUT2D eigenvalue weighted by atomic mass is 9.99. The Morgan fingerprint density at radius 1 is 1.14 bits per heavy atom. The van der Waals surface area contributed by atoms with Crippen LogP contribution in [0.3, 0.4) is 0 Å². The third-order valence-electron chi connectivity index (χ3n) is 5.46. The molecule has 0 bridgehead atoms. The number of morpholine rings is 1. The lowest BCUT2D eigenvalue weighted by molar-refractivity contribution is -0.120. The maximum absolute atomic E-state index is 12.6. The van der Waals surface area contributed by atoms with Gasteiger partial charge in [-0.1, -0.05) is 24.3 Å². The number of ether oxygens (including phenoxy) is 1. The summed E-state index contributed by atoms with van der Waals surface area (Å²) in [6.07, 6.45) is 2.16. The number of fused-ring (bicyclic) bond motifs is 1. The second-order valence-electron chi connectivity index (χ2n) is 7.40. The number of rotatable bonds is 5. The second-order valence-corrected chi connectivity index (χ2v) is 7.40. The molecule has 1 saturated heterocycles. The monoisotopic (exact) mass is 390 g/mol. The number of amides is 1. The molecule has 0 spiro atoms. The van der Waals surface area contributed by atoms with E-state index >= 15 is 0 Å². The molecule has 1 aliphatic rings. The highest BCUT2D eigenvalue weighted by molar-refractivity contribution is 5.86. The number of nitrogens with zero attached hydrogens (tertiary/aromatic N) is 3. The van der Waals surface area contributed by atoms with Gasteiger partial charge in [0, 0.05) is 36.9 Å². The van der Waals surface area contributed by atoms with Gasteiger partial charge in [0.2, 0.25) is 5.91 Å². The molecule has 1 aliphatic heterocycles. The van der Waals surface area contributed by atoms with Gasteiger partial charge in [-0.05, 0) is 42.7 Å². The number of aromatic nitrogens is 2. The highest BCUT2D eigenvalue weighted by Crippen LogP contribution is 2.23. The zero-order valence-electron chi connectivity index (χ0n) is 16.9. The molecule has 3 aromatic rings. The van der Waals surface area contributed by atoms with Crippen LogP contribution >= 0.6 is 0 Å². The van der Waals surface area contributed by atoms with Gasteiger partial charge in [0.25, 0.3) is 0 Å². The van der Waals surface area contributed by atoms with Crippen molar-refractivity contribution in [3.63, 3.8) is 0 Å². The first-order valence-corrected chi connectivity index (χ1v) is 10.0. The summed E-state index contributed by atoms with van der Waals surface area (Å²) in [5, 5.41) is 4.11. The summed E-state index contributed by atoms with van der Waals surface area (Å²) in [6.45, 7) is 7.70. The van der Waals surface area contributed by atoms with Gasteiger partial charge in [0.15, 0.2) is 0 Å². The molecule has 0 saturated carbocycles. The molecule has 2 aromatic heterocycles. The van der Waals surface area contributed by atoms with Crippen molar-refractivity contribution >= 4 is 22.6 Å². The van der Waals surface area contributed by atoms with Gasteiger partial charge >= 0.3 is 0 Å². The Balaban J connectivity index is 1.38. The molecule has 1 aromatic carbocycles. The molecular formula is C23H26N4O2. The average molecular weight is 390 g/mol. The number of carbonyl (C=O) groups is 1. The van der Waals surface area contributed by atoms with E-state index in [2.05, 4.69) is 33.2 Å². The molecule has 4 rings (SSSR count). The molecule has 1 N–H and O–H groups in total. The second kappa shape index (κ2) is 8.57. The van der Waals surface area contributed by atoms with Crippen LogP contribution in [0.2, 0.25) is 0 Å². The Bertz CT molecular complexity index is 1010. The molecule has 6 heteroatoms. The molecule has 29 heavy (non-hydrogen) atoms. The summed E-state index contributed by atoms with van der Waals surface area (Å²) in [4.78, 5) is 24.0. The largest absolute Gasteiger partial charge is 0.378 e. The van der Waals surface area contributed by atoms with Gasteiger partial charge in [0.1, 0.15) is 5.82 Å². The molecule has 6 nitrogen and oxygen atoms in total. The molecule has 150 valence electrons. The van der Waals surface area contributed by atoms with Crippen LogP contribution in [0.25, 0.3) is 10.9 Å². The maximum atomic E-state index is 12.6. The predicted molar refractivity (Wildman–Crippen MR) is 114 cm³/mol. The van der Waals surface area contributed by atoms with Crippen LogP contribution in [-0.2, 0) is 22.5 Å². The smallest absolute Gasteiger partial charge is 0.224 e. The van der Waals surface area contributed by atoms with Crippen molar-refractivity contribution in [1.82, 2.24) is 15.3 Å². The van der Waals surface area contributed by atoms with E-state index in [1.807, 2.05) is 43.5 Å². The molecule has 3 heterocycles. The summed E-state index contributed by atoms with van der Waals surface area (Å²) in [7, 11) is 0. The third-order valence-corrected chi connectivity index (χ3v) is 5.46. The van der Waals surface area contributed by atoms with Crippen molar-refractivity contribution in [3.8, 4) is 0 Å². The van der Waals surface area contributed by atoms with Crippen LogP contribution in [0.5, 0.6) is 0 Å². The summed E-state index contributed by atoms with van der Waals surface area (Å²) in [5.41, 5.74) is 4.99. The van der Waals surface area contributed by atoms with Crippen LogP contribution in [0.4, 0.5) is 5.82 Å². The molecule has 0 atom stereocenters. The maximum Gasteiger partial charge on any atom is 0.224 e. The number of pyridine rings is 2. The van der Waals surface area contributed by atoms with Gasteiger partial charge < -0.3 is 15.0 Å². The van der Waals surface area contributed by atoms with E-state index in [4.69, 9.17) is 4.74 Å². The molecule has 0 aliphatic carbocycles. The molecule has 0 unspecified atom stereocenters. The van der Waals surface area contributed by atoms with E-state index in [1.54, 1.807) is 0 Å². The number of benzene rings is 1. The van der Waals surface area contributed by atoms with E-state index in [0.717, 1.165) is 65.4 Å². The van der Waals surface area contributed by atoms with Gasteiger partial charge in [0.05, 0.1) is 25.2 Å². The first-order valence-electron chi connectivity index (χ1n) is 10.0. The van der Waals surface area contributed by atoms with Crippen molar-refractivity contribution in [2.24, 2.45) is 0 Å². The van der Waals surface area contributed by atoms with Crippen molar-refractivity contribution in [3.05, 3.63) is 65.0 Å². The predicted octanol–water partition coefficient (Wildman–Crippen LogP) is 2.94. The van der Waals surface area contributed by atoms with Gasteiger partial charge in [-0.2, -0.15) is 0 Å². The normalized spacial score (nSPS) is 14.2. The van der Waals surface area contributed by atoms with Crippen molar-refractivity contribution in [2.45, 2.75) is 26.8 Å². The fourth-order valence-corrected chi connectivity index (χ4v) is 3.76. The van der Waals surface area contributed by atoms with E-state index in [1.165, 1.54) is 0 Å². The first kappa shape index (κ1) is 19.3. The zero-order valence-corrected chi connectivity index (χ0v) is 16.9. The number of para-hydroxylation sites is 1. The number of nitrogens with one attached hydrogen (secondary N) is 1. The Morgan fingerprint density at radius 2 is 1.93 bits per heavy atom. The Kier molecular flexibility index (Phi) is 5.71. The van der Waals surface area contributed by atoms with Gasteiger partial charge in [-0.15, -0.1) is 0 Å². The zero-order chi connectivity index (χ0) is 20.2. The van der Waals surface area contributed by atoms with Crippen LogP contribution < -0.4 is 10.2 Å². The highest BCUT2D eigenvalue weighted by Gasteiger charge is 2.14. The van der Waals surface area contributed by atoms with Gasteiger partial charge in [-0.25, -0.2) is 4.98 Å². The van der Waals surface area contributed by atoms with Crippen LogP contribution in [0.1, 0.15) is 22.4 Å². The summed E-state index contributed by atoms with van der Waals surface area (Å²) in [5.74, 6) is 0.947. The van der Waals surface area contributed by atoms with Crippen LogP contribution in [-0.4, -0.2) is 42.2 Å². The minimum atomic E-state index is -0.00876. The van der Waals surface area contributed by atoms with Gasteiger partial charge in [-0.3, -0.25) is 9.78 Å². The van der Waals surface area contributed by atoms with Crippen molar-refractivity contribution in [1.29, 1.82) is 0 Å². The molecule has 1 fully saturated rings. The fourth-order valence-electron chi connectivity index (χ4n) is 3.76. The lowest BCUT2D eigenvalue weighted by Crippen LogP contribution is -2.36. The standard InChI is InChI=1S/C23H26N4O2/c1-16-19-5-3-4-6-21(19)26-17(2)20(16)13-23(28)25-15-18-7-8-22(24-14-18)27-9-11-29-12-10-27/h3-8,14H,9-13,15H2,1-2H3,(H,25,28). The summed E-state index contributed by atoms with van der Waals surface area (Å²) in [6, 6.07) is 12.1. The Hall–Kier alpha value is -2.99. The summed E-state index contributed by atoms with van der Waals surface area (Å²) >= 11 is 0. The van der Waals surface area contributed by atoms with Crippen LogP contribution in [0, 0.1) is 13.8 Å². The third kappa shape index (κ3) is 4.38. The SMILES string of the molecule is Cc1nc2ccccc2c(C)c1CC(=O)NCc1ccc(N2CCOCC2)nc1. The topological polar surface area (TPSA) is 67.4 Å². The first-order chi connectivity index (χ1) is 14.1. The number of anilines is 1. The highest BCUT2D eigenvalue weighted by atomic mass is 16.5. The quantitative estimate of drug-likeness (QED) is 0.726. The minimum absolute atomic E-state index is 0.00876. The fraction of sp³-hybridized carbons (Fsp3) is 0.348. The number of hydrogen-bond donors (Lipinski definition) is 1. The minimum Gasteiger partial charge on any atom is -0.378 e. The number of aryl methyl sites for hydroxylation is 2. The lowest BCUT2D eigenvalue weighted by Gasteiger charge is -2.27. The Labute approximate surface area is 170 Å². The molecule has 1 amide bonds. The van der Waals surface area contributed by atoms with E-state index in [0.29, 0.717) is 13.0 Å². The molecular weight excluding hydrogens is 364 g/mol. The van der Waals surface area contributed by atoms with Crippen molar-refractivity contribution in [2.75, 3.05) is 31.2 Å². The number of hydrogen-bond acceptors (Lipinski definition) is 5. The van der Waals surface area contributed by atoms with Crippen LogP contribution in [0.15, 0.2) is 42.6 Å².